The maximum Gasteiger partial charge on any atom is 0.296 e. The van der Waals surface area contributed by atoms with Gasteiger partial charge in [-0.1, -0.05) is 66.2 Å². The highest BCUT2D eigenvalue weighted by molar-refractivity contribution is 7.87. The summed E-state index contributed by atoms with van der Waals surface area (Å²) in [5.74, 6) is -0.0132. The molecule has 0 amide bonds. The van der Waals surface area contributed by atoms with E-state index in [1.165, 1.54) is 36.5 Å². The first-order valence-electron chi connectivity index (χ1n) is 17.4. The summed E-state index contributed by atoms with van der Waals surface area (Å²) >= 11 is 0. The van der Waals surface area contributed by atoms with Crippen molar-refractivity contribution in [3.05, 3.63) is 154 Å². The van der Waals surface area contributed by atoms with Gasteiger partial charge >= 0.3 is 0 Å². The van der Waals surface area contributed by atoms with Crippen LogP contribution in [0, 0.1) is 20.8 Å². The second kappa shape index (κ2) is 16.5. The molecule has 8 nitrogen and oxygen atoms in total. The van der Waals surface area contributed by atoms with Gasteiger partial charge in [0, 0.05) is 43.5 Å². The van der Waals surface area contributed by atoms with Gasteiger partial charge in [0.1, 0.15) is 0 Å². The maximum absolute atomic E-state index is 12.3. The molecule has 0 unspecified atom stereocenters. The lowest BCUT2D eigenvalue weighted by molar-refractivity contribution is 0.396. The Morgan fingerprint density at radius 1 is 0.558 bits per heavy atom. The van der Waals surface area contributed by atoms with Gasteiger partial charge < -0.3 is 9.80 Å². The topological polar surface area (TPSA) is 93.2 Å². The van der Waals surface area contributed by atoms with E-state index in [2.05, 4.69) is 105 Å². The molecule has 0 aliphatic carbocycles. The van der Waals surface area contributed by atoms with Crippen molar-refractivity contribution in [2.75, 3.05) is 37.1 Å². The quantitative estimate of drug-likeness (QED) is 0.0780. The van der Waals surface area contributed by atoms with E-state index in [-0.39, 0.29) is 15.7 Å². The Balaban J connectivity index is 1.48. The zero-order chi connectivity index (χ0) is 37.6. The first kappa shape index (κ1) is 38.7. The molecule has 0 saturated heterocycles. The molecule has 0 aliphatic rings. The number of nitrogens with zero attached hydrogens (tertiary/aromatic N) is 2. The van der Waals surface area contributed by atoms with Crippen LogP contribution in [0.5, 0.6) is 0 Å². The highest BCUT2D eigenvalue weighted by Gasteiger charge is 2.23. The summed E-state index contributed by atoms with van der Waals surface area (Å²) in [7, 11) is -5.22. The van der Waals surface area contributed by atoms with Crippen LogP contribution in [0.3, 0.4) is 0 Å². The number of aryl methyl sites for hydroxylation is 3. The summed E-state index contributed by atoms with van der Waals surface area (Å²) in [6, 6.07) is 35.7. The second-order valence-electron chi connectivity index (χ2n) is 13.0. The van der Waals surface area contributed by atoms with Crippen LogP contribution in [0.2, 0.25) is 0 Å². The van der Waals surface area contributed by atoms with E-state index in [0.717, 1.165) is 46.7 Å². The molecule has 0 atom stereocenters. The van der Waals surface area contributed by atoms with Gasteiger partial charge in [0.25, 0.3) is 20.2 Å². The van der Waals surface area contributed by atoms with Crippen LogP contribution >= 0.6 is 0 Å². The van der Waals surface area contributed by atoms with Crippen LogP contribution in [0.25, 0.3) is 0 Å². The molecule has 274 valence electrons. The molecule has 0 radical (unpaired) electrons. The van der Waals surface area contributed by atoms with Crippen LogP contribution in [0.1, 0.15) is 64.3 Å². The Bertz CT molecular complexity index is 2100. The molecule has 0 fully saturated rings. The average molecular weight is 741 g/mol. The van der Waals surface area contributed by atoms with Crippen molar-refractivity contribution < 1.29 is 25.2 Å². The Hall–Kier alpha value is -4.48. The van der Waals surface area contributed by atoms with Gasteiger partial charge in [-0.3, -0.25) is 8.37 Å². The third-order valence-electron chi connectivity index (χ3n) is 9.59. The SMILES string of the molecule is CCN(Cc1cccc(S(=O)(=O)OC)c1)c1ccc(C(c2ccc(C)cc2)c2ccc(N(CC)Cc3cccc(S(=O)(=O)OC)c3)cc2C)c(C)c1. The Morgan fingerprint density at radius 2 is 0.981 bits per heavy atom. The Labute approximate surface area is 309 Å². The fourth-order valence-corrected chi connectivity index (χ4v) is 8.12. The average Bonchev–Trinajstić information content (AvgIpc) is 3.15. The fourth-order valence-electron chi connectivity index (χ4n) is 6.65. The van der Waals surface area contributed by atoms with Crippen molar-refractivity contribution in [2.45, 2.75) is 63.4 Å². The summed E-state index contributed by atoms with van der Waals surface area (Å²) in [6.45, 7) is 13.2. The third kappa shape index (κ3) is 8.75. The number of hydrogen-bond acceptors (Lipinski definition) is 8. The van der Waals surface area contributed by atoms with E-state index in [9.17, 15) is 16.8 Å². The molecule has 0 aromatic heterocycles. The van der Waals surface area contributed by atoms with Crippen molar-refractivity contribution in [3.63, 3.8) is 0 Å². The van der Waals surface area contributed by atoms with Crippen molar-refractivity contribution in [1.29, 1.82) is 0 Å². The monoisotopic (exact) mass is 740 g/mol. The van der Waals surface area contributed by atoms with Crippen LogP contribution in [0.4, 0.5) is 11.4 Å². The van der Waals surface area contributed by atoms with E-state index in [1.807, 2.05) is 12.1 Å². The van der Waals surface area contributed by atoms with Crippen molar-refractivity contribution in [3.8, 4) is 0 Å². The highest BCUT2D eigenvalue weighted by atomic mass is 32.2. The minimum atomic E-state index is -3.79. The molecule has 5 aromatic carbocycles. The highest BCUT2D eigenvalue weighted by Crippen LogP contribution is 2.38. The van der Waals surface area contributed by atoms with Gasteiger partial charge in [-0.2, -0.15) is 16.8 Å². The number of benzene rings is 5. The van der Waals surface area contributed by atoms with Crippen molar-refractivity contribution >= 4 is 31.6 Å². The summed E-state index contributed by atoms with van der Waals surface area (Å²) in [5.41, 5.74) is 11.0. The molecule has 5 rings (SSSR count). The van der Waals surface area contributed by atoms with E-state index in [1.54, 1.807) is 36.4 Å². The molecular weight excluding hydrogens is 693 g/mol. The first-order valence-corrected chi connectivity index (χ1v) is 20.2. The van der Waals surface area contributed by atoms with E-state index in [0.29, 0.717) is 13.1 Å². The molecule has 0 bridgehead atoms. The third-order valence-corrected chi connectivity index (χ3v) is 12.1. The van der Waals surface area contributed by atoms with Gasteiger partial charge in [0.05, 0.1) is 24.0 Å². The summed E-state index contributed by atoms with van der Waals surface area (Å²) in [5, 5.41) is 0. The predicted octanol–water partition coefficient (Wildman–Crippen LogP) is 8.52. The van der Waals surface area contributed by atoms with Crippen LogP contribution < -0.4 is 9.80 Å². The van der Waals surface area contributed by atoms with Crippen LogP contribution in [-0.2, 0) is 41.7 Å². The smallest absolute Gasteiger partial charge is 0.296 e. The van der Waals surface area contributed by atoms with Gasteiger partial charge in [-0.25, -0.2) is 0 Å². The van der Waals surface area contributed by atoms with Crippen LogP contribution in [-0.4, -0.2) is 44.1 Å². The lowest BCUT2D eigenvalue weighted by Gasteiger charge is -2.28. The van der Waals surface area contributed by atoms with E-state index < -0.39 is 20.2 Å². The van der Waals surface area contributed by atoms with Gasteiger partial charge in [-0.15, -0.1) is 0 Å². The lowest BCUT2D eigenvalue weighted by Crippen LogP contribution is -2.23. The summed E-state index contributed by atoms with van der Waals surface area (Å²) in [6.07, 6.45) is 0. The number of rotatable bonds is 15. The van der Waals surface area contributed by atoms with Crippen LogP contribution in [0.15, 0.2) is 119 Å². The zero-order valence-electron chi connectivity index (χ0n) is 31.0. The minimum absolute atomic E-state index is 0.0132. The van der Waals surface area contributed by atoms with Crippen molar-refractivity contribution in [2.24, 2.45) is 0 Å². The number of hydrogen-bond donors (Lipinski definition) is 0. The molecule has 0 saturated carbocycles. The lowest BCUT2D eigenvalue weighted by atomic mass is 9.81. The summed E-state index contributed by atoms with van der Waals surface area (Å²) in [4.78, 5) is 4.75. The number of anilines is 2. The van der Waals surface area contributed by atoms with Gasteiger partial charge in [0.2, 0.25) is 0 Å². The van der Waals surface area contributed by atoms with E-state index in [4.69, 9.17) is 8.37 Å². The van der Waals surface area contributed by atoms with Gasteiger partial charge in [-0.05, 0) is 122 Å². The fraction of sp³-hybridized carbons (Fsp3) is 0.286. The maximum atomic E-state index is 12.3. The molecule has 52 heavy (non-hydrogen) atoms. The van der Waals surface area contributed by atoms with Crippen molar-refractivity contribution in [1.82, 2.24) is 0 Å². The molecule has 0 aliphatic heterocycles. The summed E-state index contributed by atoms with van der Waals surface area (Å²) < 4.78 is 58.8. The van der Waals surface area contributed by atoms with E-state index >= 15 is 0 Å². The second-order valence-corrected chi connectivity index (χ2v) is 16.4. The standard InChI is InChI=1S/C42H48N2O6S2/c1-8-43(28-33-12-10-14-38(26-33)51(45,46)49-6)36-20-22-40(31(4)24-36)42(35-18-16-30(3)17-19-35)41-23-21-37(25-32(41)5)44(9-2)29-34-13-11-15-39(27-34)52(47,48)50-7/h10-27,42H,8-9,28-29H2,1-7H3. The first-order chi connectivity index (χ1) is 24.8. The molecule has 0 heterocycles. The van der Waals surface area contributed by atoms with Gasteiger partial charge in [0.15, 0.2) is 0 Å². The zero-order valence-corrected chi connectivity index (χ0v) is 32.6. The largest absolute Gasteiger partial charge is 0.367 e. The Morgan fingerprint density at radius 3 is 1.35 bits per heavy atom. The molecular formula is C42H48N2O6S2. The molecule has 0 spiro atoms. The molecule has 10 heteroatoms. The molecule has 0 N–H and O–H groups in total. The predicted molar refractivity (Wildman–Crippen MR) is 209 cm³/mol. The Kier molecular flexibility index (Phi) is 12.3. The molecule has 5 aromatic rings. The minimum Gasteiger partial charge on any atom is -0.367 e. The normalized spacial score (nSPS) is 11.9.